The molecule has 0 bridgehead atoms. The number of rotatable bonds is 4. The van der Waals surface area contributed by atoms with E-state index in [0.717, 1.165) is 17.5 Å². The molecule has 2 rings (SSSR count). The van der Waals surface area contributed by atoms with Gasteiger partial charge in [0.1, 0.15) is 0 Å². The zero-order valence-electron chi connectivity index (χ0n) is 10.5. The summed E-state index contributed by atoms with van der Waals surface area (Å²) in [7, 11) is 0. The standard InChI is InChI=1S/C15H19NO/c1-3-4-5-6-12-7-8-14-13(10-12)11(2)9-15(17)16-14/h7-10H,3-6H2,1-2H3,(H,16,17). The van der Waals surface area contributed by atoms with Crippen molar-refractivity contribution in [3.8, 4) is 0 Å². The first kappa shape index (κ1) is 11.9. The quantitative estimate of drug-likeness (QED) is 0.799. The van der Waals surface area contributed by atoms with Crippen LogP contribution in [0.4, 0.5) is 0 Å². The van der Waals surface area contributed by atoms with Crippen LogP contribution in [0.25, 0.3) is 10.9 Å². The molecular weight excluding hydrogens is 210 g/mol. The molecule has 17 heavy (non-hydrogen) atoms. The Balaban J connectivity index is 2.33. The molecule has 0 saturated heterocycles. The average Bonchev–Trinajstić information content (AvgIpc) is 2.30. The second kappa shape index (κ2) is 5.17. The molecule has 1 heterocycles. The maximum absolute atomic E-state index is 11.3. The molecule has 0 atom stereocenters. The van der Waals surface area contributed by atoms with Gasteiger partial charge in [-0.15, -0.1) is 0 Å². The van der Waals surface area contributed by atoms with Crippen LogP contribution in [0.2, 0.25) is 0 Å². The molecule has 0 radical (unpaired) electrons. The van der Waals surface area contributed by atoms with Crippen LogP contribution in [0.1, 0.15) is 37.3 Å². The van der Waals surface area contributed by atoms with Gasteiger partial charge in [-0.3, -0.25) is 4.79 Å². The zero-order valence-corrected chi connectivity index (χ0v) is 10.5. The van der Waals surface area contributed by atoms with Gasteiger partial charge in [-0.2, -0.15) is 0 Å². The molecule has 0 fully saturated rings. The lowest BCUT2D eigenvalue weighted by Crippen LogP contribution is -2.04. The lowest BCUT2D eigenvalue weighted by Gasteiger charge is -2.05. The van der Waals surface area contributed by atoms with Crippen molar-refractivity contribution in [1.29, 1.82) is 0 Å². The molecule has 2 nitrogen and oxygen atoms in total. The number of H-pyrrole nitrogens is 1. The Morgan fingerprint density at radius 3 is 2.76 bits per heavy atom. The van der Waals surface area contributed by atoms with Crippen molar-refractivity contribution in [2.75, 3.05) is 0 Å². The highest BCUT2D eigenvalue weighted by Crippen LogP contribution is 2.17. The fraction of sp³-hybridized carbons (Fsp3) is 0.400. The van der Waals surface area contributed by atoms with Gasteiger partial charge in [-0.1, -0.05) is 25.8 Å². The van der Waals surface area contributed by atoms with Crippen LogP contribution < -0.4 is 5.56 Å². The molecule has 0 spiro atoms. The molecule has 1 N–H and O–H groups in total. The van der Waals surface area contributed by atoms with E-state index < -0.39 is 0 Å². The second-order valence-electron chi connectivity index (χ2n) is 4.65. The minimum absolute atomic E-state index is 0.0197. The van der Waals surface area contributed by atoms with Crippen LogP contribution >= 0.6 is 0 Å². The molecule has 1 aromatic heterocycles. The first-order valence-electron chi connectivity index (χ1n) is 6.33. The third-order valence-corrected chi connectivity index (χ3v) is 3.18. The highest BCUT2D eigenvalue weighted by Gasteiger charge is 2.01. The largest absolute Gasteiger partial charge is 0.322 e. The highest BCUT2D eigenvalue weighted by atomic mass is 16.1. The molecule has 0 saturated carbocycles. The Morgan fingerprint density at radius 1 is 1.18 bits per heavy atom. The number of unbranched alkanes of at least 4 members (excludes halogenated alkanes) is 2. The van der Waals surface area contributed by atoms with Crippen molar-refractivity contribution >= 4 is 10.9 Å². The zero-order chi connectivity index (χ0) is 12.3. The third kappa shape index (κ3) is 2.76. The number of nitrogens with one attached hydrogen (secondary N) is 1. The van der Waals surface area contributed by atoms with E-state index in [-0.39, 0.29) is 5.56 Å². The number of benzene rings is 1. The number of aryl methyl sites for hydroxylation is 2. The van der Waals surface area contributed by atoms with Gasteiger partial charge in [0.25, 0.3) is 0 Å². The number of hydrogen-bond donors (Lipinski definition) is 1. The highest BCUT2D eigenvalue weighted by molar-refractivity contribution is 5.82. The van der Waals surface area contributed by atoms with Gasteiger partial charge in [0.05, 0.1) is 0 Å². The SMILES string of the molecule is CCCCCc1ccc2[nH]c(=O)cc(C)c2c1. The summed E-state index contributed by atoms with van der Waals surface area (Å²) < 4.78 is 0. The van der Waals surface area contributed by atoms with Crippen molar-refractivity contribution in [3.63, 3.8) is 0 Å². The summed E-state index contributed by atoms with van der Waals surface area (Å²) in [6.45, 7) is 4.21. The Hall–Kier alpha value is -1.57. The van der Waals surface area contributed by atoms with Crippen LogP contribution in [-0.4, -0.2) is 4.98 Å². The van der Waals surface area contributed by atoms with Crippen LogP contribution in [-0.2, 0) is 6.42 Å². The first-order chi connectivity index (χ1) is 8.20. The smallest absolute Gasteiger partial charge is 0.248 e. The van der Waals surface area contributed by atoms with Crippen LogP contribution in [0.3, 0.4) is 0 Å². The summed E-state index contributed by atoms with van der Waals surface area (Å²) in [6, 6.07) is 8.01. The Labute approximate surface area is 102 Å². The van der Waals surface area contributed by atoms with Gasteiger partial charge in [-0.25, -0.2) is 0 Å². The minimum Gasteiger partial charge on any atom is -0.322 e. The van der Waals surface area contributed by atoms with Crippen molar-refractivity contribution in [2.45, 2.75) is 39.5 Å². The molecule has 2 aromatic rings. The fourth-order valence-electron chi connectivity index (χ4n) is 2.20. The number of fused-ring (bicyclic) bond motifs is 1. The minimum atomic E-state index is -0.0197. The molecule has 0 amide bonds. The van der Waals surface area contributed by atoms with E-state index in [9.17, 15) is 4.79 Å². The fourth-order valence-corrected chi connectivity index (χ4v) is 2.20. The van der Waals surface area contributed by atoms with E-state index in [4.69, 9.17) is 0 Å². The molecule has 1 aromatic carbocycles. The van der Waals surface area contributed by atoms with Gasteiger partial charge in [0.2, 0.25) is 5.56 Å². The Kier molecular flexibility index (Phi) is 3.62. The predicted molar refractivity (Wildman–Crippen MR) is 72.5 cm³/mol. The number of hydrogen-bond acceptors (Lipinski definition) is 1. The summed E-state index contributed by atoms with van der Waals surface area (Å²) in [5.41, 5.74) is 3.34. The van der Waals surface area contributed by atoms with Crippen molar-refractivity contribution in [2.24, 2.45) is 0 Å². The van der Waals surface area contributed by atoms with Crippen molar-refractivity contribution < 1.29 is 0 Å². The van der Waals surface area contributed by atoms with Gasteiger partial charge in [0, 0.05) is 17.0 Å². The van der Waals surface area contributed by atoms with Gasteiger partial charge >= 0.3 is 0 Å². The summed E-state index contributed by atoms with van der Waals surface area (Å²) in [4.78, 5) is 14.2. The molecule has 0 aliphatic heterocycles. The first-order valence-corrected chi connectivity index (χ1v) is 6.33. The number of aromatic amines is 1. The van der Waals surface area contributed by atoms with E-state index in [1.54, 1.807) is 6.07 Å². The van der Waals surface area contributed by atoms with Gasteiger partial charge in [-0.05, 0) is 43.0 Å². The molecule has 0 aliphatic rings. The summed E-state index contributed by atoms with van der Waals surface area (Å²) in [5, 5.41) is 1.17. The maximum Gasteiger partial charge on any atom is 0.248 e. The summed E-state index contributed by atoms with van der Waals surface area (Å²) >= 11 is 0. The van der Waals surface area contributed by atoms with E-state index in [1.807, 2.05) is 13.0 Å². The van der Waals surface area contributed by atoms with E-state index in [1.165, 1.54) is 30.2 Å². The molecule has 0 aliphatic carbocycles. The molecule has 0 unspecified atom stereocenters. The monoisotopic (exact) mass is 229 g/mol. The van der Waals surface area contributed by atoms with E-state index in [2.05, 4.69) is 24.0 Å². The van der Waals surface area contributed by atoms with E-state index in [0.29, 0.717) is 0 Å². The molecular formula is C15H19NO. The topological polar surface area (TPSA) is 32.9 Å². The van der Waals surface area contributed by atoms with Gasteiger partial charge in [0.15, 0.2) is 0 Å². The van der Waals surface area contributed by atoms with Crippen molar-refractivity contribution in [3.05, 3.63) is 45.7 Å². The van der Waals surface area contributed by atoms with Crippen molar-refractivity contribution in [1.82, 2.24) is 4.98 Å². The molecule has 90 valence electrons. The number of pyridine rings is 1. The van der Waals surface area contributed by atoms with Crippen LogP contribution in [0.15, 0.2) is 29.1 Å². The normalized spacial score (nSPS) is 10.9. The van der Waals surface area contributed by atoms with Crippen LogP contribution in [0, 0.1) is 6.92 Å². The third-order valence-electron chi connectivity index (χ3n) is 3.18. The Bertz CT molecular complexity index is 569. The van der Waals surface area contributed by atoms with Gasteiger partial charge < -0.3 is 4.98 Å². The summed E-state index contributed by atoms with van der Waals surface area (Å²) in [6.07, 6.45) is 4.90. The maximum atomic E-state index is 11.3. The predicted octanol–water partition coefficient (Wildman–Crippen LogP) is 3.57. The number of aromatic nitrogens is 1. The van der Waals surface area contributed by atoms with E-state index >= 15 is 0 Å². The molecule has 2 heteroatoms. The summed E-state index contributed by atoms with van der Waals surface area (Å²) in [5.74, 6) is 0. The average molecular weight is 229 g/mol. The second-order valence-corrected chi connectivity index (χ2v) is 4.65. The lowest BCUT2D eigenvalue weighted by molar-refractivity contribution is 0.718. The van der Waals surface area contributed by atoms with Crippen LogP contribution in [0.5, 0.6) is 0 Å². The lowest BCUT2D eigenvalue weighted by atomic mass is 10.0. The Morgan fingerprint density at radius 2 is 2.00 bits per heavy atom.